The maximum atomic E-state index is 12.8. The van der Waals surface area contributed by atoms with Gasteiger partial charge in [-0.25, -0.2) is 0 Å². The van der Waals surface area contributed by atoms with E-state index >= 15 is 0 Å². The summed E-state index contributed by atoms with van der Waals surface area (Å²) in [5.41, 5.74) is 2.01. The Morgan fingerprint density at radius 1 is 1.03 bits per heavy atom. The van der Waals surface area contributed by atoms with E-state index in [0.717, 1.165) is 35.2 Å². The molecule has 1 saturated carbocycles. The van der Waals surface area contributed by atoms with E-state index in [-0.39, 0.29) is 12.3 Å². The molecule has 0 spiro atoms. The number of carbonyl (C=O) groups excluding carboxylic acids is 1. The average Bonchev–Trinajstić information content (AvgIpc) is 3.32. The highest BCUT2D eigenvalue weighted by Gasteiger charge is 2.51. The summed E-state index contributed by atoms with van der Waals surface area (Å²) < 4.78 is 18.6. The van der Waals surface area contributed by atoms with Crippen LogP contribution in [0.4, 0.5) is 0 Å². The van der Waals surface area contributed by atoms with Gasteiger partial charge in [-0.15, -0.1) is 0 Å². The molecule has 0 aromatic heterocycles. The fourth-order valence-electron chi connectivity index (χ4n) is 4.26. The van der Waals surface area contributed by atoms with Crippen molar-refractivity contribution >= 4 is 18.5 Å². The maximum absolute atomic E-state index is 12.8. The van der Waals surface area contributed by atoms with Gasteiger partial charge >= 0.3 is 7.12 Å². The number of nitrogens with one attached hydrogen (secondary N) is 1. The fourth-order valence-corrected chi connectivity index (χ4v) is 4.26. The molecule has 0 atom stereocenters. The molecule has 0 radical (unpaired) electrons. The second-order valence-electron chi connectivity index (χ2n) is 9.96. The molecule has 32 heavy (non-hydrogen) atoms. The number of ether oxygens (including phenoxy) is 1. The number of amides is 1. The van der Waals surface area contributed by atoms with Gasteiger partial charge in [0.2, 0.25) is 5.91 Å². The van der Waals surface area contributed by atoms with Crippen molar-refractivity contribution < 1.29 is 18.8 Å². The van der Waals surface area contributed by atoms with Gasteiger partial charge in [-0.3, -0.25) is 4.79 Å². The van der Waals surface area contributed by atoms with Crippen molar-refractivity contribution in [2.45, 2.75) is 83.6 Å². The molecule has 6 heteroatoms. The van der Waals surface area contributed by atoms with Crippen molar-refractivity contribution in [2.75, 3.05) is 0 Å². The molecule has 0 bridgehead atoms. The third-order valence-electron chi connectivity index (χ3n) is 6.92. The van der Waals surface area contributed by atoms with E-state index < -0.39 is 18.3 Å². The van der Waals surface area contributed by atoms with Gasteiger partial charge in [0.05, 0.1) is 17.6 Å². The Hall–Kier alpha value is -2.31. The Morgan fingerprint density at radius 3 is 2.34 bits per heavy atom. The average molecular weight is 435 g/mol. The zero-order valence-corrected chi connectivity index (χ0v) is 19.6. The first-order valence-corrected chi connectivity index (χ1v) is 11.7. The van der Waals surface area contributed by atoms with Gasteiger partial charge in [0.25, 0.3) is 0 Å². The van der Waals surface area contributed by atoms with Crippen molar-refractivity contribution in [1.29, 1.82) is 0 Å². The van der Waals surface area contributed by atoms with Crippen LogP contribution in [0.15, 0.2) is 48.5 Å². The van der Waals surface area contributed by atoms with Crippen molar-refractivity contribution in [3.05, 3.63) is 59.7 Å². The number of benzene rings is 2. The molecule has 2 fully saturated rings. The third-order valence-corrected chi connectivity index (χ3v) is 6.92. The van der Waals surface area contributed by atoms with Crippen LogP contribution in [-0.4, -0.2) is 30.3 Å². The van der Waals surface area contributed by atoms with Crippen LogP contribution in [0.2, 0.25) is 0 Å². The molecular weight excluding hydrogens is 401 g/mol. The van der Waals surface area contributed by atoms with Crippen LogP contribution in [0, 0.1) is 0 Å². The highest BCUT2D eigenvalue weighted by atomic mass is 16.7. The van der Waals surface area contributed by atoms with Crippen molar-refractivity contribution in [3.63, 3.8) is 0 Å². The monoisotopic (exact) mass is 435 g/mol. The summed E-state index contributed by atoms with van der Waals surface area (Å²) in [5, 5.41) is 3.19. The Morgan fingerprint density at radius 2 is 1.69 bits per heavy atom. The quantitative estimate of drug-likeness (QED) is 0.664. The Kier molecular flexibility index (Phi) is 6.63. The van der Waals surface area contributed by atoms with Crippen molar-refractivity contribution in [1.82, 2.24) is 5.32 Å². The van der Waals surface area contributed by atoms with Crippen LogP contribution in [0.1, 0.15) is 64.5 Å². The molecule has 1 N–H and O–H groups in total. The normalized spacial score (nSPS) is 19.8. The molecule has 2 aromatic carbocycles. The van der Waals surface area contributed by atoms with Crippen molar-refractivity contribution in [2.24, 2.45) is 0 Å². The van der Waals surface area contributed by atoms with Gasteiger partial charge in [0.1, 0.15) is 12.4 Å². The van der Waals surface area contributed by atoms with Gasteiger partial charge in [-0.1, -0.05) is 55.3 Å². The Labute approximate surface area is 192 Å². The molecule has 1 aliphatic heterocycles. The lowest BCUT2D eigenvalue weighted by molar-refractivity contribution is -0.121. The minimum Gasteiger partial charge on any atom is -0.489 e. The first-order valence-electron chi connectivity index (χ1n) is 11.7. The molecule has 0 unspecified atom stereocenters. The highest BCUT2D eigenvalue weighted by Crippen LogP contribution is 2.36. The van der Waals surface area contributed by atoms with E-state index in [9.17, 15) is 4.79 Å². The summed E-state index contributed by atoms with van der Waals surface area (Å²) in [7, 11) is -0.472. The molecule has 1 amide bonds. The molecule has 1 saturated heterocycles. The maximum Gasteiger partial charge on any atom is 0.494 e. The van der Waals surface area contributed by atoms with E-state index in [1.165, 1.54) is 12.8 Å². The predicted octanol–water partition coefficient (Wildman–Crippen LogP) is 4.17. The van der Waals surface area contributed by atoms with Gasteiger partial charge in [0.15, 0.2) is 0 Å². The molecule has 2 aromatic rings. The van der Waals surface area contributed by atoms with Crippen LogP contribution in [0.25, 0.3) is 0 Å². The number of carbonyl (C=O) groups is 1. The summed E-state index contributed by atoms with van der Waals surface area (Å²) >= 11 is 0. The Bertz CT molecular complexity index is 922. The molecule has 170 valence electrons. The van der Waals surface area contributed by atoms with E-state index in [1.54, 1.807) is 0 Å². The number of hydrogen-bond donors (Lipinski definition) is 1. The summed E-state index contributed by atoms with van der Waals surface area (Å²) in [6.07, 6.45) is 4.78. The van der Waals surface area contributed by atoms with Crippen LogP contribution in [-0.2, 0) is 27.1 Å². The van der Waals surface area contributed by atoms with Crippen LogP contribution in [0.5, 0.6) is 5.75 Å². The summed E-state index contributed by atoms with van der Waals surface area (Å²) in [6, 6.07) is 16.2. The molecule has 1 heterocycles. The SMILES string of the molecule is CC1(C)OB(c2ccc(OCc3ccccc3)c(CC(=O)NC3CCCC3)c2)OC1(C)C. The number of rotatable bonds is 7. The fraction of sp³-hybridized carbons (Fsp3) is 0.500. The standard InChI is InChI=1S/C26H34BNO4/c1-25(2)26(3,4)32-27(31-25)21-14-15-23(30-18-19-10-6-5-7-11-19)20(16-21)17-24(29)28-22-12-8-9-13-22/h5-7,10-11,14-16,22H,8-9,12-13,17-18H2,1-4H3,(H,28,29). The smallest absolute Gasteiger partial charge is 0.489 e. The summed E-state index contributed by atoms with van der Waals surface area (Å²) in [6.45, 7) is 8.62. The Balaban J connectivity index is 1.54. The molecule has 2 aliphatic rings. The van der Waals surface area contributed by atoms with Gasteiger partial charge in [0, 0.05) is 11.6 Å². The molecule has 1 aliphatic carbocycles. The molecule has 4 rings (SSSR count). The van der Waals surface area contributed by atoms with E-state index in [2.05, 4.69) is 5.32 Å². The highest BCUT2D eigenvalue weighted by molar-refractivity contribution is 6.62. The largest absolute Gasteiger partial charge is 0.494 e. The van der Waals surface area contributed by atoms with Crippen molar-refractivity contribution in [3.8, 4) is 5.75 Å². The lowest BCUT2D eigenvalue weighted by atomic mass is 9.78. The third kappa shape index (κ3) is 5.19. The lowest BCUT2D eigenvalue weighted by Crippen LogP contribution is -2.41. The van der Waals surface area contributed by atoms with Gasteiger partial charge in [-0.2, -0.15) is 0 Å². The summed E-state index contributed by atoms with van der Waals surface area (Å²) in [4.78, 5) is 12.8. The number of hydrogen-bond acceptors (Lipinski definition) is 4. The lowest BCUT2D eigenvalue weighted by Gasteiger charge is -2.32. The topological polar surface area (TPSA) is 56.8 Å². The van der Waals surface area contributed by atoms with E-state index in [1.807, 2.05) is 76.2 Å². The zero-order valence-electron chi connectivity index (χ0n) is 19.6. The second-order valence-corrected chi connectivity index (χ2v) is 9.96. The molecular formula is C26H34BNO4. The van der Waals surface area contributed by atoms with Crippen LogP contribution >= 0.6 is 0 Å². The van der Waals surface area contributed by atoms with E-state index in [0.29, 0.717) is 12.6 Å². The van der Waals surface area contributed by atoms with Gasteiger partial charge in [-0.05, 0) is 57.6 Å². The first-order chi connectivity index (χ1) is 15.2. The van der Waals surface area contributed by atoms with E-state index in [4.69, 9.17) is 14.0 Å². The zero-order chi connectivity index (χ0) is 22.8. The van der Waals surface area contributed by atoms with Gasteiger partial charge < -0.3 is 19.4 Å². The minimum absolute atomic E-state index is 0.0347. The minimum atomic E-state index is -0.472. The van der Waals surface area contributed by atoms with Crippen LogP contribution < -0.4 is 15.5 Å². The first kappa shape index (κ1) is 22.9. The van der Waals surface area contributed by atoms with Crippen LogP contribution in [0.3, 0.4) is 0 Å². The predicted molar refractivity (Wildman–Crippen MR) is 127 cm³/mol. The second kappa shape index (κ2) is 9.28. The molecule has 5 nitrogen and oxygen atoms in total. The summed E-state index contributed by atoms with van der Waals surface area (Å²) in [5.74, 6) is 0.753.